The molecule has 0 radical (unpaired) electrons. The molecular weight excluding hydrogens is 342 g/mol. The Morgan fingerprint density at radius 1 is 1.28 bits per heavy atom. The maximum atomic E-state index is 12.3. The molecule has 0 saturated carbocycles. The Labute approximate surface area is 147 Å². The fourth-order valence-electron chi connectivity index (χ4n) is 2.17. The molecule has 0 aliphatic heterocycles. The second-order valence-corrected chi connectivity index (χ2v) is 6.03. The topological polar surface area (TPSA) is 94.3 Å². The van der Waals surface area contributed by atoms with Gasteiger partial charge in [-0.15, -0.1) is 0 Å². The smallest absolute Gasteiger partial charge is 0.293 e. The number of nitrogens with one attached hydrogen (secondary N) is 1. The Bertz CT molecular complexity index is 916. The van der Waals surface area contributed by atoms with Gasteiger partial charge in [-0.2, -0.15) is 4.37 Å². The molecule has 0 unspecified atom stereocenters. The molecule has 1 aromatic carbocycles. The van der Waals surface area contributed by atoms with Gasteiger partial charge in [0.25, 0.3) is 5.91 Å². The number of hydrogen-bond acceptors (Lipinski definition) is 7. The van der Waals surface area contributed by atoms with Gasteiger partial charge in [0.05, 0.1) is 19.8 Å². The number of benzene rings is 1. The number of anilines is 1. The number of ketones is 1. The number of amides is 1. The molecule has 1 N–H and O–H groups in total. The molecule has 25 heavy (non-hydrogen) atoms. The number of ether oxygens (including phenoxy) is 1. The van der Waals surface area contributed by atoms with Gasteiger partial charge in [0, 0.05) is 17.1 Å². The molecule has 0 spiro atoms. The molecule has 0 aliphatic rings. The van der Waals surface area contributed by atoms with E-state index in [1.165, 1.54) is 13.2 Å². The third kappa shape index (κ3) is 4.10. The molecule has 1 amide bonds. The van der Waals surface area contributed by atoms with Gasteiger partial charge in [-0.25, -0.2) is 4.98 Å². The van der Waals surface area contributed by atoms with Crippen LogP contribution >= 0.6 is 11.5 Å². The summed E-state index contributed by atoms with van der Waals surface area (Å²) in [6, 6.07) is 9.09. The first-order valence-electron chi connectivity index (χ1n) is 7.41. The summed E-state index contributed by atoms with van der Waals surface area (Å²) < 4.78 is 14.6. The van der Waals surface area contributed by atoms with Crippen LogP contribution in [-0.4, -0.2) is 28.2 Å². The van der Waals surface area contributed by atoms with Crippen molar-refractivity contribution >= 4 is 28.4 Å². The molecule has 2 aromatic heterocycles. The number of methoxy groups -OCH3 is 1. The predicted molar refractivity (Wildman–Crippen MR) is 92.9 cm³/mol. The van der Waals surface area contributed by atoms with Gasteiger partial charge in [-0.05, 0) is 30.7 Å². The summed E-state index contributed by atoms with van der Waals surface area (Å²) in [6.45, 7) is 1.46. The Kier molecular flexibility index (Phi) is 4.90. The standard InChI is InChI=1S/C17H15N3O4S/c1-10(21)6-15-18-17(25-20-15)19-16(22)14-8-12(9-24-14)11-4-3-5-13(7-11)23-2/h3-5,7-9H,6H2,1-2H3,(H,18,19,20,22). The highest BCUT2D eigenvalue weighted by molar-refractivity contribution is 7.09. The van der Waals surface area contributed by atoms with E-state index in [4.69, 9.17) is 9.15 Å². The molecule has 0 fully saturated rings. The summed E-state index contributed by atoms with van der Waals surface area (Å²) >= 11 is 1.02. The maximum Gasteiger partial charge on any atom is 0.293 e. The number of nitrogens with zero attached hydrogens (tertiary/aromatic N) is 2. The Morgan fingerprint density at radius 3 is 2.88 bits per heavy atom. The van der Waals surface area contributed by atoms with Gasteiger partial charge in [0.1, 0.15) is 11.5 Å². The van der Waals surface area contributed by atoms with Crippen molar-refractivity contribution < 1.29 is 18.7 Å². The number of carbonyl (C=O) groups excluding carboxylic acids is 2. The van der Waals surface area contributed by atoms with Crippen molar-refractivity contribution in [3.63, 3.8) is 0 Å². The third-order valence-electron chi connectivity index (χ3n) is 3.32. The van der Waals surface area contributed by atoms with E-state index in [-0.39, 0.29) is 18.0 Å². The van der Waals surface area contributed by atoms with Crippen molar-refractivity contribution in [1.29, 1.82) is 0 Å². The number of aromatic nitrogens is 2. The summed E-state index contributed by atoms with van der Waals surface area (Å²) in [5.41, 5.74) is 1.64. The average molecular weight is 357 g/mol. The van der Waals surface area contributed by atoms with Gasteiger partial charge in [-0.1, -0.05) is 12.1 Å². The summed E-state index contributed by atoms with van der Waals surface area (Å²) in [7, 11) is 1.59. The second-order valence-electron chi connectivity index (χ2n) is 5.28. The number of Topliss-reactive ketones (excluding diaryl/α,β-unsaturated/α-hetero) is 1. The van der Waals surface area contributed by atoms with E-state index >= 15 is 0 Å². The van der Waals surface area contributed by atoms with E-state index in [0.717, 1.165) is 28.4 Å². The summed E-state index contributed by atoms with van der Waals surface area (Å²) in [4.78, 5) is 27.4. The number of furan rings is 1. The first-order chi connectivity index (χ1) is 12.0. The molecule has 3 rings (SSSR count). The van der Waals surface area contributed by atoms with Crippen LogP contribution in [0.5, 0.6) is 5.75 Å². The summed E-state index contributed by atoms with van der Waals surface area (Å²) in [5.74, 6) is 0.798. The minimum atomic E-state index is -0.431. The van der Waals surface area contributed by atoms with Crippen LogP contribution in [0.4, 0.5) is 5.13 Å². The van der Waals surface area contributed by atoms with Crippen molar-refractivity contribution in [3.8, 4) is 16.9 Å². The zero-order chi connectivity index (χ0) is 17.8. The van der Waals surface area contributed by atoms with E-state index < -0.39 is 5.91 Å². The van der Waals surface area contributed by atoms with E-state index in [1.54, 1.807) is 13.2 Å². The molecule has 128 valence electrons. The zero-order valence-corrected chi connectivity index (χ0v) is 14.4. The third-order valence-corrected chi connectivity index (χ3v) is 3.99. The normalized spacial score (nSPS) is 10.5. The molecule has 3 aromatic rings. The summed E-state index contributed by atoms with van der Waals surface area (Å²) in [5, 5.41) is 2.94. The first kappa shape index (κ1) is 16.8. The molecule has 7 nitrogen and oxygen atoms in total. The molecule has 0 bridgehead atoms. The van der Waals surface area contributed by atoms with E-state index in [0.29, 0.717) is 11.0 Å². The Hall–Kier alpha value is -3.00. The lowest BCUT2D eigenvalue weighted by Gasteiger charge is -2.01. The van der Waals surface area contributed by atoms with Crippen molar-refractivity contribution in [2.45, 2.75) is 13.3 Å². The van der Waals surface area contributed by atoms with Crippen molar-refractivity contribution in [1.82, 2.24) is 9.36 Å². The quantitative estimate of drug-likeness (QED) is 0.728. The lowest BCUT2D eigenvalue weighted by Crippen LogP contribution is -2.10. The average Bonchev–Trinajstić information content (AvgIpc) is 3.24. The van der Waals surface area contributed by atoms with Crippen LogP contribution in [0.1, 0.15) is 23.3 Å². The monoisotopic (exact) mass is 357 g/mol. The largest absolute Gasteiger partial charge is 0.497 e. The molecular formula is C17H15N3O4S. The van der Waals surface area contributed by atoms with Crippen LogP contribution < -0.4 is 10.1 Å². The van der Waals surface area contributed by atoms with Gasteiger partial charge < -0.3 is 9.15 Å². The van der Waals surface area contributed by atoms with Crippen LogP contribution in [0.2, 0.25) is 0 Å². The van der Waals surface area contributed by atoms with Crippen LogP contribution in [-0.2, 0) is 11.2 Å². The lowest BCUT2D eigenvalue weighted by atomic mass is 10.1. The Balaban J connectivity index is 1.72. The zero-order valence-electron chi connectivity index (χ0n) is 13.6. The molecule has 2 heterocycles. The van der Waals surface area contributed by atoms with Crippen LogP contribution in [0.15, 0.2) is 41.0 Å². The van der Waals surface area contributed by atoms with Gasteiger partial charge >= 0.3 is 0 Å². The molecule has 0 saturated heterocycles. The molecule has 8 heteroatoms. The van der Waals surface area contributed by atoms with Crippen molar-refractivity contribution in [2.75, 3.05) is 12.4 Å². The van der Waals surface area contributed by atoms with Crippen molar-refractivity contribution in [3.05, 3.63) is 48.2 Å². The Morgan fingerprint density at radius 2 is 2.12 bits per heavy atom. The predicted octanol–water partition coefficient (Wildman–Crippen LogP) is 3.19. The number of hydrogen-bond donors (Lipinski definition) is 1. The minimum Gasteiger partial charge on any atom is -0.497 e. The highest BCUT2D eigenvalue weighted by Gasteiger charge is 2.15. The molecule has 0 aliphatic carbocycles. The highest BCUT2D eigenvalue weighted by atomic mass is 32.1. The van der Waals surface area contributed by atoms with E-state index in [9.17, 15) is 9.59 Å². The second kappa shape index (κ2) is 7.27. The maximum absolute atomic E-state index is 12.3. The lowest BCUT2D eigenvalue weighted by molar-refractivity contribution is -0.116. The first-order valence-corrected chi connectivity index (χ1v) is 8.19. The van der Waals surface area contributed by atoms with Gasteiger partial charge in [-0.3, -0.25) is 14.9 Å². The van der Waals surface area contributed by atoms with Gasteiger partial charge in [0.15, 0.2) is 11.6 Å². The van der Waals surface area contributed by atoms with Crippen LogP contribution in [0.25, 0.3) is 11.1 Å². The minimum absolute atomic E-state index is 0.0374. The van der Waals surface area contributed by atoms with Gasteiger partial charge in [0.2, 0.25) is 5.13 Å². The number of rotatable bonds is 6. The fourth-order valence-corrected chi connectivity index (χ4v) is 2.75. The van der Waals surface area contributed by atoms with E-state index in [1.807, 2.05) is 24.3 Å². The highest BCUT2D eigenvalue weighted by Crippen LogP contribution is 2.26. The molecule has 0 atom stereocenters. The number of carbonyl (C=O) groups is 2. The van der Waals surface area contributed by atoms with Crippen LogP contribution in [0.3, 0.4) is 0 Å². The SMILES string of the molecule is COc1cccc(-c2coc(C(=O)Nc3nc(CC(C)=O)ns3)c2)c1. The fraction of sp³-hybridized carbons (Fsp3) is 0.176. The van der Waals surface area contributed by atoms with Crippen LogP contribution in [0, 0.1) is 0 Å². The van der Waals surface area contributed by atoms with E-state index in [2.05, 4.69) is 14.7 Å². The summed E-state index contributed by atoms with van der Waals surface area (Å²) in [6.07, 6.45) is 1.65. The van der Waals surface area contributed by atoms with Crippen molar-refractivity contribution in [2.24, 2.45) is 0 Å².